The number of rotatable bonds is 9. The fourth-order valence-corrected chi connectivity index (χ4v) is 4.48. The molecule has 0 aromatic heterocycles. The van der Waals surface area contributed by atoms with Crippen LogP contribution < -0.4 is 4.74 Å². The number of aliphatic hydroxyl groups excluding tert-OH is 6. The number of carbonyl (C=O) groups is 1. The Balaban J connectivity index is 1.59. The van der Waals surface area contributed by atoms with Crippen molar-refractivity contribution < 1.29 is 69.7 Å². The smallest absolute Gasteiger partial charge is 0.229 e. The van der Waals surface area contributed by atoms with Crippen LogP contribution in [0.15, 0.2) is 36.4 Å². The Hall–Kier alpha value is -3.05. The van der Waals surface area contributed by atoms with Crippen LogP contribution in [0.3, 0.4) is 0 Å². The van der Waals surface area contributed by atoms with Gasteiger partial charge in [0.25, 0.3) is 0 Å². The number of benzene rings is 2. The monoisotopic (exact) mass is 568 g/mol. The molecule has 2 heterocycles. The average molecular weight is 569 g/mol. The molecule has 0 amide bonds. The first-order chi connectivity index (χ1) is 19.0. The van der Waals surface area contributed by atoms with E-state index in [4.69, 9.17) is 18.9 Å². The third-order valence-corrected chi connectivity index (χ3v) is 6.74. The molecule has 0 bridgehead atoms. The number of phenols is 3. The van der Waals surface area contributed by atoms with Crippen molar-refractivity contribution in [2.75, 3.05) is 13.2 Å². The number of ether oxygens (including phenoxy) is 4. The number of Topliss-reactive ketones (excluding diaryl/α,β-unsaturated/α-hetero) is 1. The summed E-state index contributed by atoms with van der Waals surface area (Å²) in [6.45, 7) is -1.19. The number of hydrogen-bond donors (Lipinski definition) is 9. The second-order valence-corrected chi connectivity index (χ2v) is 9.60. The van der Waals surface area contributed by atoms with Crippen LogP contribution in [0.5, 0.6) is 23.0 Å². The summed E-state index contributed by atoms with van der Waals surface area (Å²) in [5.74, 6) is -2.04. The van der Waals surface area contributed by atoms with Crippen molar-refractivity contribution in [3.8, 4) is 23.0 Å². The van der Waals surface area contributed by atoms with E-state index < -0.39 is 85.8 Å². The lowest BCUT2D eigenvalue weighted by Gasteiger charge is -2.44. The Bertz CT molecular complexity index is 1160. The molecule has 4 rings (SSSR count). The van der Waals surface area contributed by atoms with Gasteiger partial charge < -0.3 is 64.9 Å². The minimum Gasteiger partial charge on any atom is -0.508 e. The summed E-state index contributed by atoms with van der Waals surface area (Å²) in [5, 5.41) is 90.8. The molecule has 0 spiro atoms. The van der Waals surface area contributed by atoms with Gasteiger partial charge in [-0.2, -0.15) is 0 Å². The van der Waals surface area contributed by atoms with Crippen molar-refractivity contribution in [3.05, 3.63) is 47.5 Å². The maximum absolute atomic E-state index is 13.1. The van der Waals surface area contributed by atoms with Gasteiger partial charge in [0.15, 0.2) is 18.2 Å². The van der Waals surface area contributed by atoms with Gasteiger partial charge in [-0.3, -0.25) is 4.79 Å². The van der Waals surface area contributed by atoms with E-state index in [2.05, 4.69) is 0 Å². The molecule has 9 N–H and O–H groups in total. The molecule has 2 aromatic rings. The lowest BCUT2D eigenvalue weighted by Crippen LogP contribution is -2.63. The summed E-state index contributed by atoms with van der Waals surface area (Å²) in [6, 6.07) is 8.07. The molecule has 14 heteroatoms. The van der Waals surface area contributed by atoms with Crippen LogP contribution in [0.25, 0.3) is 0 Å². The largest absolute Gasteiger partial charge is 0.508 e. The molecule has 2 saturated heterocycles. The van der Waals surface area contributed by atoms with E-state index in [1.165, 1.54) is 12.1 Å². The molecule has 2 aliphatic rings. The molecule has 0 aliphatic carbocycles. The molecule has 9 unspecified atom stereocenters. The second kappa shape index (κ2) is 12.6. The first-order valence-corrected chi connectivity index (χ1v) is 12.5. The van der Waals surface area contributed by atoms with Crippen molar-refractivity contribution in [2.24, 2.45) is 0 Å². The van der Waals surface area contributed by atoms with Crippen LogP contribution >= 0.6 is 0 Å². The Morgan fingerprint density at radius 3 is 2.25 bits per heavy atom. The van der Waals surface area contributed by atoms with Gasteiger partial charge in [0.1, 0.15) is 65.2 Å². The second-order valence-electron chi connectivity index (χ2n) is 9.60. The van der Waals surface area contributed by atoms with Crippen molar-refractivity contribution in [2.45, 2.75) is 68.1 Å². The van der Waals surface area contributed by atoms with Crippen molar-refractivity contribution in [1.29, 1.82) is 0 Å². The van der Waals surface area contributed by atoms with Crippen LogP contribution in [0.1, 0.15) is 22.3 Å². The molecule has 0 radical (unpaired) electrons. The van der Waals surface area contributed by atoms with Gasteiger partial charge in [0, 0.05) is 18.6 Å². The van der Waals surface area contributed by atoms with Gasteiger partial charge in [-0.05, 0) is 24.1 Å². The van der Waals surface area contributed by atoms with Crippen molar-refractivity contribution in [3.63, 3.8) is 0 Å². The molecular weight excluding hydrogens is 536 g/mol. The van der Waals surface area contributed by atoms with Crippen LogP contribution in [-0.4, -0.2) is 120 Å². The molecule has 40 heavy (non-hydrogen) atoms. The molecule has 2 aromatic carbocycles. The quantitative estimate of drug-likeness (QED) is 0.153. The molecule has 14 nitrogen and oxygen atoms in total. The summed E-state index contributed by atoms with van der Waals surface area (Å²) in [5.41, 5.74) is 0.379. The number of aryl methyl sites for hydroxylation is 1. The van der Waals surface area contributed by atoms with Gasteiger partial charge in [-0.25, -0.2) is 0 Å². The van der Waals surface area contributed by atoms with Crippen LogP contribution in [-0.2, 0) is 20.6 Å². The van der Waals surface area contributed by atoms with Gasteiger partial charge in [-0.15, -0.1) is 0 Å². The highest BCUT2D eigenvalue weighted by Gasteiger charge is 2.50. The number of phenolic OH excluding ortho intramolecular Hbond substituents is 3. The summed E-state index contributed by atoms with van der Waals surface area (Å²) >= 11 is 0. The molecular formula is C26H32O14. The molecule has 2 aliphatic heterocycles. The van der Waals surface area contributed by atoms with E-state index in [1.54, 1.807) is 12.1 Å². The minimum absolute atomic E-state index is 0.0523. The zero-order chi connectivity index (χ0) is 29.1. The number of ketones is 1. The lowest BCUT2D eigenvalue weighted by molar-refractivity contribution is -0.345. The summed E-state index contributed by atoms with van der Waals surface area (Å²) < 4.78 is 22.1. The van der Waals surface area contributed by atoms with E-state index in [1.807, 2.05) is 0 Å². The lowest BCUT2D eigenvalue weighted by atomic mass is 9.98. The Labute approximate surface area is 227 Å². The van der Waals surface area contributed by atoms with Crippen LogP contribution in [0.2, 0.25) is 0 Å². The van der Waals surface area contributed by atoms with Gasteiger partial charge in [0.2, 0.25) is 6.29 Å². The normalized spacial score (nSPS) is 32.5. The molecule has 9 atom stereocenters. The fourth-order valence-electron chi connectivity index (χ4n) is 4.48. The van der Waals surface area contributed by atoms with E-state index in [9.17, 15) is 50.8 Å². The van der Waals surface area contributed by atoms with E-state index in [0.717, 1.165) is 17.7 Å². The topological polar surface area (TPSA) is 236 Å². The van der Waals surface area contributed by atoms with Crippen LogP contribution in [0.4, 0.5) is 0 Å². The standard InChI is InChI=1S/C26H32O14/c27-9-18-21(34)22(35)24(40-25-23(36)20(33)16(32)10-37-25)26(39-18)38-17-8-13(29)7-15(31)19(17)14(30)6-3-11-1-4-12(28)5-2-11/h1-2,4-5,7-8,16,18,20-29,31-36H,3,6,9-10H2. The maximum atomic E-state index is 13.1. The first-order valence-electron chi connectivity index (χ1n) is 12.5. The predicted octanol–water partition coefficient (Wildman–Crippen LogP) is -1.74. The number of aliphatic hydroxyl groups is 6. The van der Waals surface area contributed by atoms with Gasteiger partial charge in [0.05, 0.1) is 13.2 Å². The third-order valence-electron chi connectivity index (χ3n) is 6.74. The maximum Gasteiger partial charge on any atom is 0.229 e. The average Bonchev–Trinajstić information content (AvgIpc) is 2.91. The van der Waals surface area contributed by atoms with Crippen molar-refractivity contribution >= 4 is 5.78 Å². The fraction of sp³-hybridized carbons (Fsp3) is 0.500. The highest BCUT2D eigenvalue weighted by molar-refractivity contribution is 6.01. The van der Waals surface area contributed by atoms with E-state index >= 15 is 0 Å². The number of hydrogen-bond acceptors (Lipinski definition) is 14. The first kappa shape index (κ1) is 29.9. The molecule has 220 valence electrons. The van der Waals surface area contributed by atoms with Gasteiger partial charge >= 0.3 is 0 Å². The third kappa shape index (κ3) is 6.46. The van der Waals surface area contributed by atoms with E-state index in [-0.39, 0.29) is 29.9 Å². The zero-order valence-electron chi connectivity index (χ0n) is 21.1. The van der Waals surface area contributed by atoms with Crippen molar-refractivity contribution in [1.82, 2.24) is 0 Å². The Morgan fingerprint density at radius 1 is 0.875 bits per heavy atom. The summed E-state index contributed by atoms with van der Waals surface area (Å²) in [6.07, 6.45) is -14.6. The molecule has 0 saturated carbocycles. The Kier molecular flexibility index (Phi) is 9.45. The number of carbonyl (C=O) groups excluding carboxylic acids is 1. The highest BCUT2D eigenvalue weighted by atomic mass is 16.8. The summed E-state index contributed by atoms with van der Waals surface area (Å²) in [4.78, 5) is 13.1. The highest BCUT2D eigenvalue weighted by Crippen LogP contribution is 2.37. The van der Waals surface area contributed by atoms with E-state index in [0.29, 0.717) is 0 Å². The number of aromatic hydroxyl groups is 3. The van der Waals surface area contributed by atoms with Gasteiger partial charge in [-0.1, -0.05) is 12.1 Å². The SMILES string of the molecule is O=C(CCc1ccc(O)cc1)c1c(O)cc(O)cc1OC1OC(CO)C(O)C(O)C1OC1OCC(O)C(O)C1O. The summed E-state index contributed by atoms with van der Waals surface area (Å²) in [7, 11) is 0. The predicted molar refractivity (Wildman–Crippen MR) is 132 cm³/mol. The minimum atomic E-state index is -1.81. The Morgan fingerprint density at radius 2 is 1.57 bits per heavy atom. The molecule has 2 fully saturated rings. The van der Waals surface area contributed by atoms with Crippen LogP contribution in [0, 0.1) is 0 Å². The zero-order valence-corrected chi connectivity index (χ0v) is 21.1.